The van der Waals surface area contributed by atoms with Crippen molar-refractivity contribution in [3.05, 3.63) is 47.5 Å². The highest BCUT2D eigenvalue weighted by molar-refractivity contribution is 7.99. The molecule has 1 atom stereocenters. The van der Waals surface area contributed by atoms with Gasteiger partial charge in [-0.3, -0.25) is 4.79 Å². The molecule has 1 aromatic carbocycles. The quantitative estimate of drug-likeness (QED) is 0.512. The Bertz CT molecular complexity index is 868. The van der Waals surface area contributed by atoms with E-state index in [2.05, 4.69) is 39.1 Å². The second-order valence-corrected chi connectivity index (χ2v) is 7.59. The molecule has 2 aromatic heterocycles. The largest absolute Gasteiger partial charge is 0.345 e. The van der Waals surface area contributed by atoms with Crippen LogP contribution < -0.4 is 5.32 Å². The van der Waals surface area contributed by atoms with E-state index in [0.717, 1.165) is 28.2 Å². The fourth-order valence-electron chi connectivity index (χ4n) is 2.77. The summed E-state index contributed by atoms with van der Waals surface area (Å²) in [6, 6.07) is 9.61. The summed E-state index contributed by atoms with van der Waals surface area (Å²) in [5, 5.41) is 3.71. The molecule has 0 radical (unpaired) electrons. The molecule has 0 aliphatic heterocycles. The predicted octanol–water partition coefficient (Wildman–Crippen LogP) is 3.58. The summed E-state index contributed by atoms with van der Waals surface area (Å²) in [5.74, 6) is 1.20. The zero-order valence-electron chi connectivity index (χ0n) is 15.4. The van der Waals surface area contributed by atoms with Gasteiger partial charge in [-0.2, -0.15) is 0 Å². The molecular formula is C19H23N5OS. The number of amides is 1. The maximum atomic E-state index is 12.5. The minimum absolute atomic E-state index is 0.0584. The van der Waals surface area contributed by atoms with Crippen LogP contribution in [0, 0.1) is 19.8 Å². The number of aryl methyl sites for hydroxylation is 2. The van der Waals surface area contributed by atoms with Gasteiger partial charge in [0.25, 0.3) is 0 Å². The summed E-state index contributed by atoms with van der Waals surface area (Å²) in [6.45, 7) is 7.99. The van der Waals surface area contributed by atoms with E-state index < -0.39 is 0 Å². The lowest BCUT2D eigenvalue weighted by Gasteiger charge is -2.20. The Balaban J connectivity index is 1.68. The maximum absolute atomic E-state index is 12.5. The molecule has 0 aliphatic rings. The van der Waals surface area contributed by atoms with Gasteiger partial charge in [0.1, 0.15) is 5.82 Å². The first-order valence-electron chi connectivity index (χ1n) is 8.61. The number of aromatic amines is 1. The number of para-hydroxylation sites is 2. The number of carbonyl (C=O) groups is 1. The van der Waals surface area contributed by atoms with Crippen molar-refractivity contribution in [3.63, 3.8) is 0 Å². The van der Waals surface area contributed by atoms with Gasteiger partial charge in [-0.15, -0.1) is 0 Å². The SMILES string of the molecule is Cc1cc(C)nc(SCC(=O)NC(c2nc3ccccc3[nH]2)C(C)C)n1. The smallest absolute Gasteiger partial charge is 0.231 e. The first-order chi connectivity index (χ1) is 12.4. The van der Waals surface area contributed by atoms with Gasteiger partial charge in [0.05, 0.1) is 22.8 Å². The summed E-state index contributed by atoms with van der Waals surface area (Å²) in [5.41, 5.74) is 3.69. The lowest BCUT2D eigenvalue weighted by atomic mass is 10.0. The van der Waals surface area contributed by atoms with Gasteiger partial charge < -0.3 is 10.3 Å². The third-order valence-corrected chi connectivity index (χ3v) is 4.83. The van der Waals surface area contributed by atoms with Crippen LogP contribution in [0.3, 0.4) is 0 Å². The Hall–Kier alpha value is -2.41. The molecule has 1 unspecified atom stereocenters. The van der Waals surface area contributed by atoms with Crippen molar-refractivity contribution in [2.45, 2.75) is 38.9 Å². The van der Waals surface area contributed by atoms with Crippen LogP contribution in [0.5, 0.6) is 0 Å². The lowest BCUT2D eigenvalue weighted by Crippen LogP contribution is -2.33. The topological polar surface area (TPSA) is 83.6 Å². The number of nitrogens with one attached hydrogen (secondary N) is 2. The van der Waals surface area contributed by atoms with Crippen molar-refractivity contribution in [2.75, 3.05) is 5.75 Å². The molecule has 136 valence electrons. The van der Waals surface area contributed by atoms with Crippen molar-refractivity contribution in [1.29, 1.82) is 0 Å². The second kappa shape index (κ2) is 7.86. The van der Waals surface area contributed by atoms with Crippen LogP contribution >= 0.6 is 11.8 Å². The maximum Gasteiger partial charge on any atom is 0.231 e. The molecule has 0 bridgehead atoms. The third-order valence-electron chi connectivity index (χ3n) is 3.98. The molecule has 26 heavy (non-hydrogen) atoms. The van der Waals surface area contributed by atoms with Crippen LogP contribution in [-0.4, -0.2) is 31.6 Å². The molecular weight excluding hydrogens is 346 g/mol. The van der Waals surface area contributed by atoms with Gasteiger partial charge >= 0.3 is 0 Å². The molecule has 7 heteroatoms. The summed E-state index contributed by atoms with van der Waals surface area (Å²) >= 11 is 1.35. The molecule has 3 rings (SSSR count). The molecule has 1 amide bonds. The van der Waals surface area contributed by atoms with E-state index in [1.54, 1.807) is 0 Å². The number of thioether (sulfide) groups is 1. The van der Waals surface area contributed by atoms with Crippen LogP contribution in [-0.2, 0) is 4.79 Å². The summed E-state index contributed by atoms with van der Waals surface area (Å²) in [7, 11) is 0. The van der Waals surface area contributed by atoms with E-state index in [0.29, 0.717) is 5.16 Å². The third kappa shape index (κ3) is 4.40. The van der Waals surface area contributed by atoms with Crippen LogP contribution in [0.4, 0.5) is 0 Å². The first-order valence-corrected chi connectivity index (χ1v) is 9.60. The number of fused-ring (bicyclic) bond motifs is 1. The van der Waals surface area contributed by atoms with Crippen molar-refractivity contribution in [2.24, 2.45) is 5.92 Å². The van der Waals surface area contributed by atoms with E-state index in [-0.39, 0.29) is 23.6 Å². The monoisotopic (exact) mass is 369 g/mol. The molecule has 2 heterocycles. The molecule has 6 nitrogen and oxygen atoms in total. The van der Waals surface area contributed by atoms with Gasteiger partial charge in [0.15, 0.2) is 5.16 Å². The summed E-state index contributed by atoms with van der Waals surface area (Å²) in [4.78, 5) is 29.1. The zero-order chi connectivity index (χ0) is 18.7. The molecule has 0 spiro atoms. The van der Waals surface area contributed by atoms with E-state index in [1.165, 1.54) is 11.8 Å². The second-order valence-electron chi connectivity index (χ2n) is 6.65. The highest BCUT2D eigenvalue weighted by Crippen LogP contribution is 2.23. The first kappa shape index (κ1) is 18.4. The fourth-order valence-corrected chi connectivity index (χ4v) is 3.53. The van der Waals surface area contributed by atoms with Crippen LogP contribution in [0.2, 0.25) is 0 Å². The Labute approximate surface area is 157 Å². The van der Waals surface area contributed by atoms with Gasteiger partial charge in [-0.05, 0) is 38.0 Å². The molecule has 0 saturated carbocycles. The Morgan fingerprint density at radius 3 is 2.50 bits per heavy atom. The van der Waals surface area contributed by atoms with Gasteiger partial charge in [0.2, 0.25) is 5.91 Å². The Kier molecular flexibility index (Phi) is 5.56. The van der Waals surface area contributed by atoms with Crippen molar-refractivity contribution in [3.8, 4) is 0 Å². The van der Waals surface area contributed by atoms with E-state index >= 15 is 0 Å². The molecule has 0 fully saturated rings. The lowest BCUT2D eigenvalue weighted by molar-refractivity contribution is -0.119. The number of carbonyl (C=O) groups excluding carboxylic acids is 1. The fraction of sp³-hybridized carbons (Fsp3) is 0.368. The summed E-state index contributed by atoms with van der Waals surface area (Å²) < 4.78 is 0. The van der Waals surface area contributed by atoms with Crippen LogP contribution in [0.25, 0.3) is 11.0 Å². The molecule has 3 aromatic rings. The number of imidazole rings is 1. The number of H-pyrrole nitrogens is 1. The minimum atomic E-state index is -0.171. The van der Waals surface area contributed by atoms with Crippen molar-refractivity contribution >= 4 is 28.7 Å². The average Bonchev–Trinajstić information content (AvgIpc) is 3.00. The van der Waals surface area contributed by atoms with E-state index in [4.69, 9.17) is 0 Å². The van der Waals surface area contributed by atoms with E-state index in [9.17, 15) is 4.79 Å². The number of aromatic nitrogens is 4. The predicted molar refractivity (Wildman–Crippen MR) is 104 cm³/mol. The highest BCUT2D eigenvalue weighted by atomic mass is 32.2. The Morgan fingerprint density at radius 2 is 1.85 bits per heavy atom. The number of benzene rings is 1. The van der Waals surface area contributed by atoms with Gasteiger partial charge in [-0.1, -0.05) is 37.7 Å². The normalized spacial score (nSPS) is 12.5. The van der Waals surface area contributed by atoms with Crippen LogP contribution in [0.1, 0.15) is 37.1 Å². The van der Waals surface area contributed by atoms with E-state index in [1.807, 2.05) is 44.2 Å². The standard InChI is InChI=1S/C19H23N5OS/c1-11(2)17(18-22-14-7-5-6-8-15(14)23-18)24-16(25)10-26-19-20-12(3)9-13(4)21-19/h5-9,11,17H,10H2,1-4H3,(H,22,23)(H,24,25). The van der Waals surface area contributed by atoms with Crippen molar-refractivity contribution < 1.29 is 4.79 Å². The number of rotatable bonds is 6. The molecule has 0 aliphatic carbocycles. The van der Waals surface area contributed by atoms with Gasteiger partial charge in [0, 0.05) is 11.4 Å². The molecule has 0 saturated heterocycles. The summed E-state index contributed by atoms with van der Waals surface area (Å²) in [6.07, 6.45) is 0. The minimum Gasteiger partial charge on any atom is -0.345 e. The van der Waals surface area contributed by atoms with Crippen LogP contribution in [0.15, 0.2) is 35.5 Å². The number of hydrogen-bond acceptors (Lipinski definition) is 5. The highest BCUT2D eigenvalue weighted by Gasteiger charge is 2.22. The number of nitrogens with zero attached hydrogens (tertiary/aromatic N) is 3. The van der Waals surface area contributed by atoms with Gasteiger partial charge in [-0.25, -0.2) is 15.0 Å². The average molecular weight is 369 g/mol. The number of hydrogen-bond donors (Lipinski definition) is 2. The molecule has 2 N–H and O–H groups in total. The Morgan fingerprint density at radius 1 is 1.15 bits per heavy atom. The zero-order valence-corrected chi connectivity index (χ0v) is 16.2. The van der Waals surface area contributed by atoms with Crippen molar-refractivity contribution in [1.82, 2.24) is 25.3 Å².